The lowest BCUT2D eigenvalue weighted by atomic mass is 10.1. The van der Waals surface area contributed by atoms with Gasteiger partial charge in [0.1, 0.15) is 6.61 Å². The van der Waals surface area contributed by atoms with Crippen LogP contribution in [-0.4, -0.2) is 37.9 Å². The average Bonchev–Trinajstić information content (AvgIpc) is 3.20. The Kier molecular flexibility index (Phi) is 46.4. The van der Waals surface area contributed by atoms with Gasteiger partial charge in [0.05, 0.1) is 6.61 Å². The molecule has 0 radical (unpaired) electrons. The molecule has 0 aromatic heterocycles. The number of carbonyl (C=O) groups is 2. The summed E-state index contributed by atoms with van der Waals surface area (Å²) in [5.41, 5.74) is 0. The summed E-state index contributed by atoms with van der Waals surface area (Å²) in [4.78, 5) is 25.2. The molecule has 5 nitrogen and oxygen atoms in total. The highest BCUT2D eigenvalue weighted by atomic mass is 16.6. The smallest absolute Gasteiger partial charge is 0.306 e. The van der Waals surface area contributed by atoms with Gasteiger partial charge < -0.3 is 14.2 Å². The number of esters is 2. The molecule has 0 N–H and O–H groups in total. The van der Waals surface area contributed by atoms with Gasteiger partial charge in [0, 0.05) is 19.4 Å². The molecule has 0 saturated heterocycles. The minimum Gasteiger partial charge on any atom is -0.462 e. The van der Waals surface area contributed by atoms with Crippen LogP contribution in [0.3, 0.4) is 0 Å². The summed E-state index contributed by atoms with van der Waals surface area (Å²) in [5, 5.41) is 0. The van der Waals surface area contributed by atoms with Crippen LogP contribution in [0.1, 0.15) is 265 Å². The predicted molar refractivity (Wildman–Crippen MR) is 242 cm³/mol. The quantitative estimate of drug-likeness (QED) is 0.0349. The third kappa shape index (κ3) is 45.1. The Hall–Kier alpha value is -1.62. The molecule has 56 heavy (non-hydrogen) atoms. The summed E-state index contributed by atoms with van der Waals surface area (Å²) in [6.45, 7) is 7.80. The molecule has 0 amide bonds. The van der Waals surface area contributed by atoms with E-state index < -0.39 is 6.10 Å². The van der Waals surface area contributed by atoms with Gasteiger partial charge in [-0.25, -0.2) is 0 Å². The minimum absolute atomic E-state index is 0.0849. The second-order valence-corrected chi connectivity index (χ2v) is 16.7. The number of allylic oxidation sites excluding steroid dienone is 4. The maximum absolute atomic E-state index is 12.6. The Balaban J connectivity index is 4.10. The van der Waals surface area contributed by atoms with E-state index in [0.29, 0.717) is 19.4 Å². The standard InChI is InChI=1S/C51H96O5/c1-4-7-10-13-16-18-20-22-24-25-26-28-30-32-34-37-40-43-46-54-47-49(56-51(53)45-42-39-35-15-12-9-6-3)48-55-50(52)44-41-38-36-33-31-29-27-23-21-19-17-14-11-8-5-2/h22-24,27,49H,4-21,25-26,28-48H2,1-3H3/b24-22-,27-23-. The van der Waals surface area contributed by atoms with E-state index in [-0.39, 0.29) is 25.2 Å². The van der Waals surface area contributed by atoms with Gasteiger partial charge in [-0.05, 0) is 70.6 Å². The van der Waals surface area contributed by atoms with Crippen molar-refractivity contribution in [2.75, 3.05) is 19.8 Å². The predicted octanol–water partition coefficient (Wildman–Crippen LogP) is 16.5. The van der Waals surface area contributed by atoms with Crippen molar-refractivity contribution in [3.8, 4) is 0 Å². The maximum Gasteiger partial charge on any atom is 0.306 e. The number of hydrogen-bond acceptors (Lipinski definition) is 5. The second-order valence-electron chi connectivity index (χ2n) is 16.7. The van der Waals surface area contributed by atoms with E-state index in [1.807, 2.05) is 0 Å². The maximum atomic E-state index is 12.6. The van der Waals surface area contributed by atoms with Crippen LogP contribution in [0.15, 0.2) is 24.3 Å². The molecule has 0 rings (SSSR count). The van der Waals surface area contributed by atoms with Gasteiger partial charge in [0.25, 0.3) is 0 Å². The van der Waals surface area contributed by atoms with Gasteiger partial charge in [0.15, 0.2) is 6.10 Å². The van der Waals surface area contributed by atoms with E-state index in [4.69, 9.17) is 14.2 Å². The summed E-state index contributed by atoms with van der Waals surface area (Å²) in [6.07, 6.45) is 54.8. The number of unbranched alkanes of at least 4 members (excludes halogenated alkanes) is 31. The van der Waals surface area contributed by atoms with Crippen LogP contribution in [0, 0.1) is 0 Å². The lowest BCUT2D eigenvalue weighted by Crippen LogP contribution is -2.30. The van der Waals surface area contributed by atoms with Gasteiger partial charge in [-0.2, -0.15) is 0 Å². The molecule has 0 saturated carbocycles. The van der Waals surface area contributed by atoms with Crippen LogP contribution in [0.2, 0.25) is 0 Å². The second kappa shape index (κ2) is 47.8. The number of rotatable bonds is 46. The zero-order valence-corrected chi connectivity index (χ0v) is 37.9. The van der Waals surface area contributed by atoms with Crippen LogP contribution in [-0.2, 0) is 23.8 Å². The normalized spacial score (nSPS) is 12.3. The van der Waals surface area contributed by atoms with E-state index in [9.17, 15) is 9.59 Å². The summed E-state index contributed by atoms with van der Waals surface area (Å²) in [6, 6.07) is 0. The Bertz CT molecular complexity index is 851. The van der Waals surface area contributed by atoms with Crippen molar-refractivity contribution in [3.63, 3.8) is 0 Å². The highest BCUT2D eigenvalue weighted by molar-refractivity contribution is 5.70. The summed E-state index contributed by atoms with van der Waals surface area (Å²) < 4.78 is 17.3. The highest BCUT2D eigenvalue weighted by Gasteiger charge is 2.17. The first kappa shape index (κ1) is 54.4. The minimum atomic E-state index is -0.532. The Morgan fingerprint density at radius 2 is 0.696 bits per heavy atom. The van der Waals surface area contributed by atoms with Gasteiger partial charge in [-0.15, -0.1) is 0 Å². The lowest BCUT2D eigenvalue weighted by Gasteiger charge is -2.18. The summed E-state index contributed by atoms with van der Waals surface area (Å²) in [7, 11) is 0. The first-order valence-electron chi connectivity index (χ1n) is 24.9. The molecule has 1 atom stereocenters. The van der Waals surface area contributed by atoms with E-state index in [1.54, 1.807) is 0 Å². The molecule has 0 aliphatic heterocycles. The molecule has 5 heteroatoms. The highest BCUT2D eigenvalue weighted by Crippen LogP contribution is 2.14. The number of ether oxygens (including phenoxy) is 3. The van der Waals surface area contributed by atoms with E-state index in [1.165, 1.54) is 180 Å². The number of carbonyl (C=O) groups excluding carboxylic acids is 2. The summed E-state index contributed by atoms with van der Waals surface area (Å²) >= 11 is 0. The zero-order valence-electron chi connectivity index (χ0n) is 37.9. The molecule has 0 heterocycles. The largest absolute Gasteiger partial charge is 0.462 e. The van der Waals surface area contributed by atoms with Gasteiger partial charge in [0.2, 0.25) is 0 Å². The SMILES string of the molecule is CCCCCCCC/C=C\CCCCCCCCCCOCC(COC(=O)CCCCCCC/C=C\CCCCCCCC)OC(=O)CCCCCCCCC. The third-order valence-electron chi connectivity index (χ3n) is 11.0. The van der Waals surface area contributed by atoms with E-state index >= 15 is 0 Å². The molecular weight excluding hydrogens is 693 g/mol. The molecule has 0 aliphatic carbocycles. The molecule has 1 unspecified atom stereocenters. The van der Waals surface area contributed by atoms with Crippen molar-refractivity contribution in [2.24, 2.45) is 0 Å². The first-order chi connectivity index (χ1) is 27.6. The van der Waals surface area contributed by atoms with Crippen LogP contribution in [0.25, 0.3) is 0 Å². The first-order valence-corrected chi connectivity index (χ1v) is 24.9. The zero-order chi connectivity index (χ0) is 40.7. The molecule has 0 aromatic rings. The van der Waals surface area contributed by atoms with Crippen molar-refractivity contribution in [2.45, 2.75) is 271 Å². The monoisotopic (exact) mass is 789 g/mol. The number of hydrogen-bond donors (Lipinski definition) is 0. The van der Waals surface area contributed by atoms with Crippen molar-refractivity contribution < 1.29 is 23.8 Å². The molecule has 330 valence electrons. The van der Waals surface area contributed by atoms with Crippen molar-refractivity contribution in [3.05, 3.63) is 24.3 Å². The van der Waals surface area contributed by atoms with Crippen molar-refractivity contribution in [1.29, 1.82) is 0 Å². The fourth-order valence-electron chi connectivity index (χ4n) is 7.21. The Morgan fingerprint density at radius 3 is 1.09 bits per heavy atom. The van der Waals surface area contributed by atoms with Gasteiger partial charge in [-0.3, -0.25) is 9.59 Å². The van der Waals surface area contributed by atoms with Crippen LogP contribution < -0.4 is 0 Å². The van der Waals surface area contributed by atoms with Crippen LogP contribution in [0.5, 0.6) is 0 Å². The Morgan fingerprint density at radius 1 is 0.375 bits per heavy atom. The van der Waals surface area contributed by atoms with E-state index in [2.05, 4.69) is 45.1 Å². The Labute approximate surface area is 349 Å². The molecule has 0 bridgehead atoms. The topological polar surface area (TPSA) is 61.8 Å². The van der Waals surface area contributed by atoms with Gasteiger partial charge in [-0.1, -0.05) is 206 Å². The molecule has 0 aromatic carbocycles. The van der Waals surface area contributed by atoms with Crippen molar-refractivity contribution in [1.82, 2.24) is 0 Å². The fraction of sp³-hybridized carbons (Fsp3) is 0.882. The molecule has 0 aliphatic rings. The fourth-order valence-corrected chi connectivity index (χ4v) is 7.21. The summed E-state index contributed by atoms with van der Waals surface area (Å²) in [5.74, 6) is -0.402. The van der Waals surface area contributed by atoms with Crippen LogP contribution >= 0.6 is 0 Å². The average molecular weight is 789 g/mol. The third-order valence-corrected chi connectivity index (χ3v) is 11.0. The molecular formula is C51H96O5. The van der Waals surface area contributed by atoms with E-state index in [0.717, 1.165) is 51.4 Å². The lowest BCUT2D eigenvalue weighted by molar-refractivity contribution is -0.163. The molecule has 0 fully saturated rings. The van der Waals surface area contributed by atoms with Gasteiger partial charge >= 0.3 is 11.9 Å². The van der Waals surface area contributed by atoms with Crippen molar-refractivity contribution >= 4 is 11.9 Å². The molecule has 0 spiro atoms. The van der Waals surface area contributed by atoms with Crippen LogP contribution in [0.4, 0.5) is 0 Å².